The summed E-state index contributed by atoms with van der Waals surface area (Å²) in [5.74, 6) is -0.794. The molecule has 1 aliphatic heterocycles. The Bertz CT molecular complexity index is 1340. The molecule has 0 saturated carbocycles. The SMILES string of the molecule is Cc1cccc(COc2ccc(/C(O)=C3\C(=O)C(=O)N(CCCN(C)C)C3c3ccc(N(C)C)cc3)cc2)c1. The van der Waals surface area contributed by atoms with Crippen LogP contribution in [0, 0.1) is 6.92 Å². The minimum absolute atomic E-state index is 0.107. The van der Waals surface area contributed by atoms with Crippen LogP contribution in [0.25, 0.3) is 5.76 Å². The summed E-state index contributed by atoms with van der Waals surface area (Å²) in [5.41, 5.74) is 4.58. The monoisotopic (exact) mass is 527 g/mol. The zero-order valence-corrected chi connectivity index (χ0v) is 23.3. The van der Waals surface area contributed by atoms with Gasteiger partial charge in [0.2, 0.25) is 0 Å². The van der Waals surface area contributed by atoms with Gasteiger partial charge in [-0.15, -0.1) is 0 Å². The summed E-state index contributed by atoms with van der Waals surface area (Å²) >= 11 is 0. The Hall–Kier alpha value is -4.10. The van der Waals surface area contributed by atoms with E-state index in [1.807, 2.05) is 87.4 Å². The van der Waals surface area contributed by atoms with Gasteiger partial charge in [0.25, 0.3) is 11.7 Å². The zero-order chi connectivity index (χ0) is 28.1. The van der Waals surface area contributed by atoms with Crippen LogP contribution in [0.5, 0.6) is 5.75 Å². The molecule has 1 saturated heterocycles. The van der Waals surface area contributed by atoms with Crippen LogP contribution in [-0.2, 0) is 16.2 Å². The van der Waals surface area contributed by atoms with Crippen molar-refractivity contribution in [2.45, 2.75) is 26.0 Å². The van der Waals surface area contributed by atoms with Crippen LogP contribution in [0.4, 0.5) is 5.69 Å². The van der Waals surface area contributed by atoms with Crippen molar-refractivity contribution >= 4 is 23.1 Å². The summed E-state index contributed by atoms with van der Waals surface area (Å²) in [4.78, 5) is 32.1. The van der Waals surface area contributed by atoms with Gasteiger partial charge in [-0.2, -0.15) is 0 Å². The summed E-state index contributed by atoms with van der Waals surface area (Å²) in [7, 11) is 7.85. The van der Waals surface area contributed by atoms with E-state index < -0.39 is 17.7 Å². The van der Waals surface area contributed by atoms with Crippen LogP contribution in [0.3, 0.4) is 0 Å². The molecule has 0 aromatic heterocycles. The predicted octanol–water partition coefficient (Wildman–Crippen LogP) is 5.01. The molecule has 0 spiro atoms. The zero-order valence-electron chi connectivity index (χ0n) is 23.3. The molecule has 1 N–H and O–H groups in total. The van der Waals surface area contributed by atoms with E-state index in [1.165, 1.54) is 5.56 Å². The lowest BCUT2D eigenvalue weighted by Gasteiger charge is -2.26. The third kappa shape index (κ3) is 6.49. The second-order valence-electron chi connectivity index (χ2n) is 10.4. The first-order valence-electron chi connectivity index (χ1n) is 13.1. The quantitative estimate of drug-likeness (QED) is 0.227. The number of Topliss-reactive ketones (excluding diaryl/α,β-unsaturated/α-hetero) is 1. The number of nitrogens with zero attached hydrogens (tertiary/aromatic N) is 3. The van der Waals surface area contributed by atoms with Gasteiger partial charge in [0.1, 0.15) is 18.1 Å². The molecule has 0 aliphatic carbocycles. The first-order chi connectivity index (χ1) is 18.7. The van der Waals surface area contributed by atoms with Crippen molar-refractivity contribution < 1.29 is 19.4 Å². The summed E-state index contributed by atoms with van der Waals surface area (Å²) in [6.45, 7) is 3.65. The fraction of sp³-hybridized carbons (Fsp3) is 0.312. The maximum Gasteiger partial charge on any atom is 0.295 e. The normalized spacial score (nSPS) is 16.7. The standard InChI is InChI=1S/C32H37N3O4/c1-22-8-6-9-23(20-22)21-39-27-16-12-25(13-17-27)30(36)28-29(24-10-14-26(15-11-24)34(4)5)35(32(38)31(28)37)19-7-18-33(2)3/h6,8-17,20,29,36H,7,18-19,21H2,1-5H3/b30-28+. The topological polar surface area (TPSA) is 73.3 Å². The number of hydrogen-bond acceptors (Lipinski definition) is 6. The molecular weight excluding hydrogens is 490 g/mol. The van der Waals surface area contributed by atoms with Crippen molar-refractivity contribution in [1.29, 1.82) is 0 Å². The van der Waals surface area contributed by atoms with Gasteiger partial charge in [-0.3, -0.25) is 9.59 Å². The predicted molar refractivity (Wildman–Crippen MR) is 155 cm³/mol. The van der Waals surface area contributed by atoms with Gasteiger partial charge in [0.05, 0.1) is 11.6 Å². The Morgan fingerprint density at radius 3 is 2.26 bits per heavy atom. The lowest BCUT2D eigenvalue weighted by Crippen LogP contribution is -2.32. The molecule has 1 amide bonds. The minimum Gasteiger partial charge on any atom is -0.507 e. The number of ketones is 1. The number of aliphatic hydroxyl groups excluding tert-OH is 1. The van der Waals surface area contributed by atoms with E-state index in [0.717, 1.165) is 23.4 Å². The Labute approximate surface area is 230 Å². The van der Waals surface area contributed by atoms with E-state index in [0.29, 0.717) is 30.9 Å². The number of carbonyl (C=O) groups excluding carboxylic acids is 2. The van der Waals surface area contributed by atoms with E-state index in [4.69, 9.17) is 4.74 Å². The smallest absolute Gasteiger partial charge is 0.295 e. The van der Waals surface area contributed by atoms with Gasteiger partial charge < -0.3 is 24.5 Å². The first-order valence-corrected chi connectivity index (χ1v) is 13.1. The largest absolute Gasteiger partial charge is 0.507 e. The van der Waals surface area contributed by atoms with Crippen molar-refractivity contribution in [2.24, 2.45) is 0 Å². The lowest BCUT2D eigenvalue weighted by atomic mass is 9.95. The van der Waals surface area contributed by atoms with Gasteiger partial charge in [-0.05, 0) is 81.5 Å². The Morgan fingerprint density at radius 2 is 1.64 bits per heavy atom. The highest BCUT2D eigenvalue weighted by Gasteiger charge is 2.45. The molecule has 3 aromatic carbocycles. The number of likely N-dealkylation sites (tertiary alicyclic amines) is 1. The van der Waals surface area contributed by atoms with E-state index in [1.54, 1.807) is 29.2 Å². The van der Waals surface area contributed by atoms with Gasteiger partial charge in [-0.25, -0.2) is 0 Å². The molecular formula is C32H37N3O4. The van der Waals surface area contributed by atoms with E-state index in [-0.39, 0.29) is 11.3 Å². The number of aliphatic hydroxyl groups is 1. The Balaban J connectivity index is 1.64. The summed E-state index contributed by atoms with van der Waals surface area (Å²) < 4.78 is 5.91. The highest BCUT2D eigenvalue weighted by Crippen LogP contribution is 2.40. The number of rotatable bonds is 10. The highest BCUT2D eigenvalue weighted by atomic mass is 16.5. The second kappa shape index (κ2) is 12.2. The van der Waals surface area contributed by atoms with Crippen LogP contribution in [-0.4, -0.2) is 67.9 Å². The average molecular weight is 528 g/mol. The Kier molecular flexibility index (Phi) is 8.72. The van der Waals surface area contributed by atoms with Gasteiger partial charge >= 0.3 is 0 Å². The molecule has 1 unspecified atom stereocenters. The third-order valence-corrected chi connectivity index (χ3v) is 6.89. The Morgan fingerprint density at radius 1 is 0.949 bits per heavy atom. The maximum atomic E-state index is 13.3. The molecule has 0 bridgehead atoms. The number of aryl methyl sites for hydroxylation is 1. The maximum absolute atomic E-state index is 13.3. The van der Waals surface area contributed by atoms with E-state index in [2.05, 4.69) is 6.07 Å². The molecule has 1 fully saturated rings. The van der Waals surface area contributed by atoms with Crippen LogP contribution in [0.2, 0.25) is 0 Å². The van der Waals surface area contributed by atoms with Crippen molar-refractivity contribution in [3.8, 4) is 5.75 Å². The van der Waals surface area contributed by atoms with Crippen LogP contribution >= 0.6 is 0 Å². The van der Waals surface area contributed by atoms with Crippen LogP contribution in [0.1, 0.15) is 34.7 Å². The minimum atomic E-state index is -0.668. The number of ether oxygens (including phenoxy) is 1. The molecule has 1 heterocycles. The second-order valence-corrected chi connectivity index (χ2v) is 10.4. The molecule has 204 valence electrons. The van der Waals surface area contributed by atoms with E-state index in [9.17, 15) is 14.7 Å². The first kappa shape index (κ1) is 27.9. The van der Waals surface area contributed by atoms with E-state index >= 15 is 0 Å². The average Bonchev–Trinajstić information content (AvgIpc) is 3.17. The number of anilines is 1. The number of carbonyl (C=O) groups is 2. The fourth-order valence-corrected chi connectivity index (χ4v) is 4.80. The van der Waals surface area contributed by atoms with Gasteiger partial charge in [0, 0.05) is 31.9 Å². The summed E-state index contributed by atoms with van der Waals surface area (Å²) in [6, 6.07) is 22.1. The lowest BCUT2D eigenvalue weighted by molar-refractivity contribution is -0.139. The van der Waals surface area contributed by atoms with Gasteiger partial charge in [-0.1, -0.05) is 42.0 Å². The number of hydrogen-bond donors (Lipinski definition) is 1. The van der Waals surface area contributed by atoms with Crippen LogP contribution in [0.15, 0.2) is 78.4 Å². The van der Waals surface area contributed by atoms with Crippen molar-refractivity contribution in [2.75, 3.05) is 46.2 Å². The highest BCUT2D eigenvalue weighted by molar-refractivity contribution is 6.46. The number of amides is 1. The van der Waals surface area contributed by atoms with Crippen molar-refractivity contribution in [3.63, 3.8) is 0 Å². The molecule has 3 aromatic rings. The molecule has 0 radical (unpaired) electrons. The van der Waals surface area contributed by atoms with Crippen molar-refractivity contribution in [3.05, 3.63) is 101 Å². The molecule has 1 atom stereocenters. The molecule has 39 heavy (non-hydrogen) atoms. The third-order valence-electron chi connectivity index (χ3n) is 6.89. The molecule has 7 heteroatoms. The fourth-order valence-electron chi connectivity index (χ4n) is 4.80. The van der Waals surface area contributed by atoms with Crippen LogP contribution < -0.4 is 9.64 Å². The molecule has 4 rings (SSSR count). The number of benzene rings is 3. The van der Waals surface area contributed by atoms with Crippen molar-refractivity contribution in [1.82, 2.24) is 9.80 Å². The van der Waals surface area contributed by atoms with Gasteiger partial charge in [0.15, 0.2) is 0 Å². The molecule has 7 nitrogen and oxygen atoms in total. The summed E-state index contributed by atoms with van der Waals surface area (Å²) in [6.07, 6.45) is 0.708. The summed E-state index contributed by atoms with van der Waals surface area (Å²) in [5, 5.41) is 11.4. The molecule has 1 aliphatic rings.